The van der Waals surface area contributed by atoms with Crippen LogP contribution in [0.3, 0.4) is 0 Å². The molecule has 0 fully saturated rings. The number of carbonyl (C=O) groups excluding carboxylic acids is 1. The fraction of sp³-hybridized carbons (Fsp3) is 0.312. The molecule has 3 rings (SSSR count). The molecule has 6 nitrogen and oxygen atoms in total. The predicted molar refractivity (Wildman–Crippen MR) is 86.4 cm³/mol. The molecule has 23 heavy (non-hydrogen) atoms. The van der Waals surface area contributed by atoms with Gasteiger partial charge in [-0.15, -0.1) is 11.3 Å². The van der Waals surface area contributed by atoms with Gasteiger partial charge in [-0.05, 0) is 43.5 Å². The smallest absolute Gasteiger partial charge is 0.312 e. The van der Waals surface area contributed by atoms with Crippen molar-refractivity contribution in [1.29, 1.82) is 0 Å². The summed E-state index contributed by atoms with van der Waals surface area (Å²) < 4.78 is 5.06. The summed E-state index contributed by atoms with van der Waals surface area (Å²) in [6, 6.07) is 6.76. The number of hydrogen-bond donors (Lipinski definition) is 2. The van der Waals surface area contributed by atoms with Crippen molar-refractivity contribution in [2.45, 2.75) is 25.2 Å². The van der Waals surface area contributed by atoms with Gasteiger partial charge in [0.25, 0.3) is 5.91 Å². The van der Waals surface area contributed by atoms with Gasteiger partial charge in [0.05, 0.1) is 12.8 Å². The quantitative estimate of drug-likeness (QED) is 0.899. The van der Waals surface area contributed by atoms with Crippen LogP contribution in [-0.4, -0.2) is 29.1 Å². The number of nitrogens with one attached hydrogen (secondary N) is 1. The molecule has 0 saturated heterocycles. The molecule has 120 valence electrons. The van der Waals surface area contributed by atoms with Crippen molar-refractivity contribution in [1.82, 2.24) is 4.98 Å². The molecule has 0 aliphatic heterocycles. The number of methoxy groups -OCH3 is 1. The van der Waals surface area contributed by atoms with Gasteiger partial charge in [-0.25, -0.2) is 4.98 Å². The molecule has 1 aliphatic rings. The first-order valence-electron chi connectivity index (χ1n) is 7.26. The Hall–Kier alpha value is -2.41. The number of aromatic nitrogens is 1. The summed E-state index contributed by atoms with van der Waals surface area (Å²) in [7, 11) is 1.56. The number of benzene rings is 1. The Kier molecular flexibility index (Phi) is 4.29. The summed E-state index contributed by atoms with van der Waals surface area (Å²) in [5.41, 5.74) is 1.09. The standard InChI is InChI=1S/C16H16N2O4S/c1-22-10-7-5-9(6-8-10)14(19)18-16-17-13-11(15(20)21)3-2-4-12(13)23-16/h5-8,11H,2-4H2,1H3,(H,20,21)(H,17,18,19)/t11-/m0/s1. The fourth-order valence-electron chi connectivity index (χ4n) is 2.62. The van der Waals surface area contributed by atoms with Crippen molar-refractivity contribution in [2.75, 3.05) is 12.4 Å². The zero-order valence-corrected chi connectivity index (χ0v) is 13.4. The van der Waals surface area contributed by atoms with Crippen LogP contribution in [0.15, 0.2) is 24.3 Å². The highest BCUT2D eigenvalue weighted by atomic mass is 32.1. The Morgan fingerprint density at radius 1 is 1.35 bits per heavy atom. The molecular weight excluding hydrogens is 316 g/mol. The molecule has 2 N–H and O–H groups in total. The number of rotatable bonds is 4. The first-order valence-corrected chi connectivity index (χ1v) is 8.08. The number of anilines is 1. The lowest BCUT2D eigenvalue weighted by Gasteiger charge is -2.16. The Balaban J connectivity index is 1.78. The van der Waals surface area contributed by atoms with Crippen molar-refractivity contribution < 1.29 is 19.4 Å². The van der Waals surface area contributed by atoms with Gasteiger partial charge < -0.3 is 9.84 Å². The van der Waals surface area contributed by atoms with Crippen LogP contribution in [0.1, 0.15) is 39.7 Å². The van der Waals surface area contributed by atoms with E-state index in [1.54, 1.807) is 31.4 Å². The zero-order valence-electron chi connectivity index (χ0n) is 12.5. The Bertz CT molecular complexity index is 739. The normalized spacial score (nSPS) is 16.5. The molecule has 1 aromatic heterocycles. The highest BCUT2D eigenvalue weighted by molar-refractivity contribution is 7.15. The first-order chi connectivity index (χ1) is 11.1. The monoisotopic (exact) mass is 332 g/mol. The van der Waals surface area contributed by atoms with E-state index in [0.29, 0.717) is 28.6 Å². The first kappa shape index (κ1) is 15.5. The van der Waals surface area contributed by atoms with E-state index in [9.17, 15) is 14.7 Å². The molecule has 7 heteroatoms. The van der Waals surface area contributed by atoms with E-state index < -0.39 is 11.9 Å². The van der Waals surface area contributed by atoms with Gasteiger partial charge in [-0.2, -0.15) is 0 Å². The summed E-state index contributed by atoms with van der Waals surface area (Å²) in [5.74, 6) is -1.02. The van der Waals surface area contributed by atoms with Gasteiger partial charge in [-0.3, -0.25) is 14.9 Å². The van der Waals surface area contributed by atoms with Crippen LogP contribution >= 0.6 is 11.3 Å². The number of amides is 1. The number of thiazole rings is 1. The molecule has 2 aromatic rings. The third kappa shape index (κ3) is 3.19. The summed E-state index contributed by atoms with van der Waals surface area (Å²) >= 11 is 1.36. The molecule has 1 aromatic carbocycles. The number of carboxylic acids is 1. The molecule has 0 bridgehead atoms. The molecule has 0 radical (unpaired) electrons. The van der Waals surface area contributed by atoms with Crippen molar-refractivity contribution in [3.05, 3.63) is 40.4 Å². The summed E-state index contributed by atoms with van der Waals surface area (Å²) in [6.07, 6.45) is 2.24. The number of carboxylic acid groups (broad SMARTS) is 1. The van der Waals surface area contributed by atoms with Crippen LogP contribution in [0.4, 0.5) is 5.13 Å². The van der Waals surface area contributed by atoms with Crippen molar-refractivity contribution in [3.63, 3.8) is 0 Å². The average molecular weight is 332 g/mol. The van der Waals surface area contributed by atoms with Gasteiger partial charge in [0.2, 0.25) is 0 Å². The maximum absolute atomic E-state index is 12.2. The van der Waals surface area contributed by atoms with Gasteiger partial charge in [0, 0.05) is 10.4 Å². The van der Waals surface area contributed by atoms with Gasteiger partial charge >= 0.3 is 5.97 Å². The number of nitrogens with zero attached hydrogens (tertiary/aromatic N) is 1. The molecule has 0 unspecified atom stereocenters. The van der Waals surface area contributed by atoms with E-state index in [-0.39, 0.29) is 5.91 Å². The number of hydrogen-bond acceptors (Lipinski definition) is 5. The number of fused-ring (bicyclic) bond motifs is 1. The summed E-state index contributed by atoms with van der Waals surface area (Å²) in [4.78, 5) is 28.8. The van der Waals surface area contributed by atoms with Crippen LogP contribution in [0.25, 0.3) is 0 Å². The van der Waals surface area contributed by atoms with Crippen LogP contribution in [0, 0.1) is 0 Å². The summed E-state index contributed by atoms with van der Waals surface area (Å²) in [5, 5.41) is 12.5. The molecular formula is C16H16N2O4S. The molecule has 0 saturated carbocycles. The Labute approximate surface area is 137 Å². The lowest BCUT2D eigenvalue weighted by atomic mass is 9.91. The third-order valence-electron chi connectivity index (χ3n) is 3.83. The molecule has 1 atom stereocenters. The van der Waals surface area contributed by atoms with E-state index in [0.717, 1.165) is 17.7 Å². The van der Waals surface area contributed by atoms with Crippen LogP contribution in [0.2, 0.25) is 0 Å². The third-order valence-corrected chi connectivity index (χ3v) is 4.87. The fourth-order valence-corrected chi connectivity index (χ4v) is 3.68. The molecule has 1 amide bonds. The maximum atomic E-state index is 12.2. The molecule has 1 aliphatic carbocycles. The minimum atomic E-state index is -0.857. The van der Waals surface area contributed by atoms with E-state index in [4.69, 9.17) is 4.74 Å². The minimum absolute atomic E-state index is 0.273. The lowest BCUT2D eigenvalue weighted by molar-refractivity contribution is -0.139. The highest BCUT2D eigenvalue weighted by Crippen LogP contribution is 2.36. The van der Waals surface area contributed by atoms with Gasteiger partial charge in [-0.1, -0.05) is 0 Å². The van der Waals surface area contributed by atoms with E-state index in [1.165, 1.54) is 11.3 Å². The van der Waals surface area contributed by atoms with Crippen LogP contribution in [-0.2, 0) is 11.2 Å². The number of ether oxygens (including phenoxy) is 1. The van der Waals surface area contributed by atoms with E-state index in [1.807, 2.05) is 0 Å². The van der Waals surface area contributed by atoms with Gasteiger partial charge in [0.15, 0.2) is 5.13 Å². The number of aryl methyl sites for hydroxylation is 1. The Morgan fingerprint density at radius 2 is 2.09 bits per heavy atom. The largest absolute Gasteiger partial charge is 0.497 e. The highest BCUT2D eigenvalue weighted by Gasteiger charge is 2.30. The second kappa shape index (κ2) is 6.37. The SMILES string of the molecule is COc1ccc(C(=O)Nc2nc3c(s2)CCC[C@@H]3C(=O)O)cc1. The van der Waals surface area contributed by atoms with Crippen LogP contribution < -0.4 is 10.1 Å². The number of carbonyl (C=O) groups is 2. The lowest BCUT2D eigenvalue weighted by Crippen LogP contribution is -2.17. The predicted octanol–water partition coefficient (Wildman–Crippen LogP) is 2.91. The second-order valence-corrected chi connectivity index (χ2v) is 6.38. The Morgan fingerprint density at radius 3 is 2.74 bits per heavy atom. The average Bonchev–Trinajstić information content (AvgIpc) is 2.96. The maximum Gasteiger partial charge on any atom is 0.312 e. The van der Waals surface area contributed by atoms with E-state index in [2.05, 4.69) is 10.3 Å². The topological polar surface area (TPSA) is 88.5 Å². The van der Waals surface area contributed by atoms with Crippen molar-refractivity contribution >= 4 is 28.3 Å². The molecule has 1 heterocycles. The van der Waals surface area contributed by atoms with Gasteiger partial charge in [0.1, 0.15) is 11.7 Å². The molecule has 0 spiro atoms. The van der Waals surface area contributed by atoms with Crippen molar-refractivity contribution in [3.8, 4) is 5.75 Å². The second-order valence-electron chi connectivity index (χ2n) is 5.29. The minimum Gasteiger partial charge on any atom is -0.497 e. The van der Waals surface area contributed by atoms with Crippen LogP contribution in [0.5, 0.6) is 5.75 Å². The zero-order chi connectivity index (χ0) is 16.4. The summed E-state index contributed by atoms with van der Waals surface area (Å²) in [6.45, 7) is 0. The van der Waals surface area contributed by atoms with E-state index >= 15 is 0 Å². The number of aliphatic carboxylic acids is 1. The van der Waals surface area contributed by atoms with Crippen molar-refractivity contribution in [2.24, 2.45) is 0 Å².